The first-order chi connectivity index (χ1) is 9.63. The standard InChI is InChI=1S/C13H19NO4S2/c1-17-13-12(4-7-19-13)20(15,16)14-5-6-18-9-11(8-14)10-2-3-10/h4,7,10-11H,2-3,5-6,8-9H2,1H3. The van der Waals surface area contributed by atoms with Gasteiger partial charge in [0.25, 0.3) is 0 Å². The second kappa shape index (κ2) is 5.63. The van der Waals surface area contributed by atoms with Crippen LogP contribution in [-0.4, -0.2) is 46.1 Å². The molecule has 1 saturated carbocycles. The van der Waals surface area contributed by atoms with Crippen molar-refractivity contribution in [1.29, 1.82) is 0 Å². The van der Waals surface area contributed by atoms with Crippen LogP contribution in [0.1, 0.15) is 12.8 Å². The van der Waals surface area contributed by atoms with E-state index < -0.39 is 10.0 Å². The molecule has 2 heterocycles. The molecule has 0 spiro atoms. The lowest BCUT2D eigenvalue weighted by Crippen LogP contribution is -2.36. The SMILES string of the molecule is COc1sccc1S(=O)(=O)N1CCOCC(C2CC2)C1. The molecule has 0 radical (unpaired) electrons. The molecule has 1 unspecified atom stereocenters. The van der Waals surface area contributed by atoms with Crippen LogP contribution in [0, 0.1) is 11.8 Å². The first kappa shape index (κ1) is 14.3. The summed E-state index contributed by atoms with van der Waals surface area (Å²) < 4.78 is 37.8. The highest BCUT2D eigenvalue weighted by Gasteiger charge is 2.38. The summed E-state index contributed by atoms with van der Waals surface area (Å²) in [5.74, 6) is 0.965. The number of hydrogen-bond acceptors (Lipinski definition) is 5. The molecular formula is C13H19NO4S2. The predicted octanol–water partition coefficient (Wildman–Crippen LogP) is 1.80. The summed E-state index contributed by atoms with van der Waals surface area (Å²) in [4.78, 5) is 0.279. The maximum absolute atomic E-state index is 12.8. The van der Waals surface area contributed by atoms with Crippen LogP contribution in [0.25, 0.3) is 0 Å². The van der Waals surface area contributed by atoms with Gasteiger partial charge in [0.1, 0.15) is 4.90 Å². The Balaban J connectivity index is 1.85. The third kappa shape index (κ3) is 2.72. The van der Waals surface area contributed by atoms with Crippen LogP contribution in [0.2, 0.25) is 0 Å². The summed E-state index contributed by atoms with van der Waals surface area (Å²) in [5, 5.41) is 2.21. The lowest BCUT2D eigenvalue weighted by atomic mass is 10.1. The first-order valence-electron chi connectivity index (χ1n) is 6.82. The van der Waals surface area contributed by atoms with Crippen molar-refractivity contribution in [3.05, 3.63) is 11.4 Å². The van der Waals surface area contributed by atoms with E-state index >= 15 is 0 Å². The Kier molecular flexibility index (Phi) is 4.03. The number of nitrogens with zero attached hydrogens (tertiary/aromatic N) is 1. The maximum atomic E-state index is 12.8. The molecule has 1 aliphatic heterocycles. The van der Waals surface area contributed by atoms with Crippen LogP contribution < -0.4 is 4.74 Å². The van der Waals surface area contributed by atoms with Crippen molar-refractivity contribution in [2.75, 3.05) is 33.4 Å². The Labute approximate surface area is 123 Å². The van der Waals surface area contributed by atoms with Crippen LogP contribution >= 0.6 is 11.3 Å². The van der Waals surface area contributed by atoms with Crippen molar-refractivity contribution >= 4 is 21.4 Å². The van der Waals surface area contributed by atoms with Crippen molar-refractivity contribution in [2.24, 2.45) is 11.8 Å². The fourth-order valence-corrected chi connectivity index (χ4v) is 5.31. The number of thiophene rings is 1. The van der Waals surface area contributed by atoms with Gasteiger partial charge in [-0.1, -0.05) is 0 Å². The average Bonchev–Trinajstić information content (AvgIpc) is 3.19. The quantitative estimate of drug-likeness (QED) is 0.850. The molecule has 2 fully saturated rings. The van der Waals surface area contributed by atoms with Gasteiger partial charge >= 0.3 is 0 Å². The molecule has 1 saturated heterocycles. The highest BCUT2D eigenvalue weighted by Crippen LogP contribution is 2.39. The van der Waals surface area contributed by atoms with E-state index in [9.17, 15) is 8.42 Å². The predicted molar refractivity (Wildman–Crippen MR) is 76.7 cm³/mol. The molecule has 1 aliphatic carbocycles. The average molecular weight is 317 g/mol. The summed E-state index contributed by atoms with van der Waals surface area (Å²) in [6.45, 7) is 2.13. The van der Waals surface area contributed by atoms with E-state index in [2.05, 4.69) is 0 Å². The summed E-state index contributed by atoms with van der Waals surface area (Å²) in [5.41, 5.74) is 0. The van der Waals surface area contributed by atoms with Gasteiger partial charge in [-0.15, -0.1) is 11.3 Å². The highest BCUT2D eigenvalue weighted by molar-refractivity contribution is 7.89. The number of ether oxygens (including phenoxy) is 2. The van der Waals surface area contributed by atoms with E-state index in [0.29, 0.717) is 43.2 Å². The summed E-state index contributed by atoms with van der Waals surface area (Å²) in [6, 6.07) is 1.62. The molecule has 0 N–H and O–H groups in total. The Morgan fingerprint density at radius 2 is 2.20 bits per heavy atom. The molecule has 3 rings (SSSR count). The molecule has 20 heavy (non-hydrogen) atoms. The highest BCUT2D eigenvalue weighted by atomic mass is 32.2. The van der Waals surface area contributed by atoms with E-state index in [1.807, 2.05) is 0 Å². The van der Waals surface area contributed by atoms with Crippen molar-refractivity contribution in [3.8, 4) is 5.06 Å². The number of hydrogen-bond donors (Lipinski definition) is 0. The molecule has 1 aromatic rings. The van der Waals surface area contributed by atoms with Crippen LogP contribution in [-0.2, 0) is 14.8 Å². The minimum atomic E-state index is -3.48. The van der Waals surface area contributed by atoms with Gasteiger partial charge in [-0.2, -0.15) is 4.31 Å². The zero-order valence-electron chi connectivity index (χ0n) is 11.4. The maximum Gasteiger partial charge on any atom is 0.247 e. The Morgan fingerprint density at radius 1 is 1.40 bits per heavy atom. The minimum absolute atomic E-state index is 0.279. The summed E-state index contributed by atoms with van der Waals surface area (Å²) >= 11 is 1.31. The van der Waals surface area contributed by atoms with Crippen LogP contribution in [0.5, 0.6) is 5.06 Å². The third-order valence-electron chi connectivity index (χ3n) is 3.94. The molecule has 112 valence electrons. The number of rotatable bonds is 4. The second-order valence-electron chi connectivity index (χ2n) is 5.31. The van der Waals surface area contributed by atoms with Gasteiger partial charge in [-0.25, -0.2) is 8.42 Å². The fraction of sp³-hybridized carbons (Fsp3) is 0.692. The van der Waals surface area contributed by atoms with Crippen molar-refractivity contribution in [2.45, 2.75) is 17.7 Å². The van der Waals surface area contributed by atoms with E-state index in [4.69, 9.17) is 9.47 Å². The van der Waals surface area contributed by atoms with E-state index in [-0.39, 0.29) is 4.90 Å². The molecular weight excluding hydrogens is 298 g/mol. The van der Waals surface area contributed by atoms with Crippen LogP contribution in [0.15, 0.2) is 16.3 Å². The Morgan fingerprint density at radius 3 is 2.90 bits per heavy atom. The zero-order valence-corrected chi connectivity index (χ0v) is 13.1. The van der Waals surface area contributed by atoms with Gasteiger partial charge in [0.15, 0.2) is 5.06 Å². The second-order valence-corrected chi connectivity index (χ2v) is 8.10. The topological polar surface area (TPSA) is 55.8 Å². The molecule has 0 amide bonds. The summed E-state index contributed by atoms with van der Waals surface area (Å²) in [7, 11) is -1.98. The molecule has 1 aromatic heterocycles. The van der Waals surface area contributed by atoms with E-state index in [1.165, 1.54) is 31.3 Å². The molecule has 0 bridgehead atoms. The fourth-order valence-electron chi connectivity index (χ4n) is 2.64. The Bertz CT molecular complexity index is 565. The molecule has 2 aliphatic rings. The lowest BCUT2D eigenvalue weighted by Gasteiger charge is -2.22. The minimum Gasteiger partial charge on any atom is -0.486 e. The van der Waals surface area contributed by atoms with Gasteiger partial charge in [-0.05, 0) is 36.1 Å². The first-order valence-corrected chi connectivity index (χ1v) is 9.14. The monoisotopic (exact) mass is 317 g/mol. The lowest BCUT2D eigenvalue weighted by molar-refractivity contribution is 0.116. The number of methoxy groups -OCH3 is 1. The molecule has 5 nitrogen and oxygen atoms in total. The zero-order chi connectivity index (χ0) is 14.2. The van der Waals surface area contributed by atoms with Crippen molar-refractivity contribution < 1.29 is 17.9 Å². The molecule has 7 heteroatoms. The van der Waals surface area contributed by atoms with Gasteiger partial charge in [0.2, 0.25) is 10.0 Å². The molecule has 1 atom stereocenters. The van der Waals surface area contributed by atoms with Gasteiger partial charge in [0.05, 0.1) is 20.3 Å². The Hall–Kier alpha value is -0.630. The third-order valence-corrected chi connectivity index (χ3v) is 6.83. The van der Waals surface area contributed by atoms with E-state index in [0.717, 1.165) is 0 Å². The summed E-state index contributed by atoms with van der Waals surface area (Å²) in [6.07, 6.45) is 2.40. The largest absolute Gasteiger partial charge is 0.486 e. The van der Waals surface area contributed by atoms with Gasteiger partial charge in [-0.3, -0.25) is 0 Å². The van der Waals surface area contributed by atoms with Crippen LogP contribution in [0.3, 0.4) is 0 Å². The van der Waals surface area contributed by atoms with Crippen LogP contribution in [0.4, 0.5) is 0 Å². The molecule has 0 aromatic carbocycles. The van der Waals surface area contributed by atoms with E-state index in [1.54, 1.807) is 15.8 Å². The van der Waals surface area contributed by atoms with Gasteiger partial charge in [0, 0.05) is 13.1 Å². The van der Waals surface area contributed by atoms with Gasteiger partial charge < -0.3 is 9.47 Å². The smallest absolute Gasteiger partial charge is 0.247 e. The van der Waals surface area contributed by atoms with Crippen molar-refractivity contribution in [3.63, 3.8) is 0 Å². The van der Waals surface area contributed by atoms with Crippen molar-refractivity contribution in [1.82, 2.24) is 4.31 Å². The number of sulfonamides is 1. The normalized spacial score (nSPS) is 25.4.